The molecule has 136 valence electrons. The van der Waals surface area contributed by atoms with E-state index in [1.54, 1.807) is 35.9 Å². The fourth-order valence-electron chi connectivity index (χ4n) is 3.10. The minimum Gasteiger partial charge on any atom is -0.360 e. The molecule has 3 heterocycles. The van der Waals surface area contributed by atoms with Crippen molar-refractivity contribution >= 4 is 45.0 Å². The number of nitrogens with one attached hydrogen (secondary N) is 1. The molecule has 0 bridgehead atoms. The van der Waals surface area contributed by atoms with Gasteiger partial charge in [-0.15, -0.1) is 11.3 Å². The number of carbonyl (C=O) groups excluding carboxylic acids is 1. The molecular weight excluding hydrogens is 372 g/mol. The monoisotopic (exact) mass is 390 g/mol. The normalized spacial score (nSPS) is 13.3. The highest BCUT2D eigenvalue weighted by atomic mass is 32.2. The van der Waals surface area contributed by atoms with Crippen molar-refractivity contribution < 1.29 is 9.32 Å². The average Bonchev–Trinajstić information content (AvgIpc) is 3.28. The molecule has 1 N–H and O–H groups in total. The molecule has 0 spiro atoms. The van der Waals surface area contributed by atoms with E-state index in [1.807, 2.05) is 0 Å². The van der Waals surface area contributed by atoms with Gasteiger partial charge in [0.15, 0.2) is 11.0 Å². The fraction of sp³-hybridized carbons (Fsp3) is 0.412. The second-order valence-electron chi connectivity index (χ2n) is 6.27. The van der Waals surface area contributed by atoms with E-state index >= 15 is 0 Å². The zero-order valence-corrected chi connectivity index (χ0v) is 16.1. The third kappa shape index (κ3) is 3.16. The smallest absolute Gasteiger partial charge is 0.262 e. The number of aromatic nitrogens is 3. The molecule has 0 aromatic carbocycles. The van der Waals surface area contributed by atoms with Crippen molar-refractivity contribution in [1.29, 1.82) is 0 Å². The second-order valence-corrected chi connectivity index (χ2v) is 8.41. The molecule has 4 rings (SSSR count). The molecule has 1 aliphatic carbocycles. The Morgan fingerprint density at radius 2 is 2.31 bits per heavy atom. The van der Waals surface area contributed by atoms with Crippen molar-refractivity contribution in [3.8, 4) is 0 Å². The lowest BCUT2D eigenvalue weighted by molar-refractivity contribution is -0.115. The number of aryl methyl sites for hydroxylation is 3. The van der Waals surface area contributed by atoms with Crippen LogP contribution in [0.2, 0.25) is 0 Å². The minimum atomic E-state index is -0.146. The van der Waals surface area contributed by atoms with Gasteiger partial charge in [-0.1, -0.05) is 16.9 Å². The van der Waals surface area contributed by atoms with Crippen LogP contribution in [0.5, 0.6) is 0 Å². The predicted octanol–water partition coefficient (Wildman–Crippen LogP) is 2.90. The van der Waals surface area contributed by atoms with Crippen LogP contribution in [-0.4, -0.2) is 26.4 Å². The third-order valence-corrected chi connectivity index (χ3v) is 6.58. The van der Waals surface area contributed by atoms with Crippen LogP contribution in [0.1, 0.15) is 29.0 Å². The van der Waals surface area contributed by atoms with E-state index in [1.165, 1.54) is 22.2 Å². The molecule has 0 fully saturated rings. The summed E-state index contributed by atoms with van der Waals surface area (Å²) in [5, 5.41) is 7.85. The Labute approximate surface area is 157 Å². The summed E-state index contributed by atoms with van der Waals surface area (Å²) in [5.74, 6) is 1.44. The molecule has 7 nitrogen and oxygen atoms in total. The average molecular weight is 390 g/mol. The first-order chi connectivity index (χ1) is 12.5. The van der Waals surface area contributed by atoms with Gasteiger partial charge in [0, 0.05) is 30.2 Å². The maximum absolute atomic E-state index is 12.7. The van der Waals surface area contributed by atoms with Gasteiger partial charge in [-0.3, -0.25) is 14.2 Å². The fourth-order valence-corrected chi connectivity index (χ4v) is 5.31. The minimum absolute atomic E-state index is 0.0134. The number of nitrogens with zero attached hydrogens (tertiary/aromatic N) is 3. The molecule has 0 aliphatic heterocycles. The maximum atomic E-state index is 12.7. The lowest BCUT2D eigenvalue weighted by atomic mass is 10.2. The number of hydrogen-bond donors (Lipinski definition) is 1. The van der Waals surface area contributed by atoms with E-state index in [2.05, 4.69) is 15.5 Å². The molecule has 0 radical (unpaired) electrons. The molecule has 26 heavy (non-hydrogen) atoms. The largest absolute Gasteiger partial charge is 0.360 e. The zero-order valence-electron chi connectivity index (χ0n) is 14.5. The van der Waals surface area contributed by atoms with Gasteiger partial charge in [0.2, 0.25) is 5.91 Å². The molecule has 3 aromatic rings. The lowest BCUT2D eigenvalue weighted by Gasteiger charge is -2.07. The van der Waals surface area contributed by atoms with Crippen LogP contribution in [0, 0.1) is 6.92 Å². The number of carbonyl (C=O) groups is 1. The van der Waals surface area contributed by atoms with E-state index < -0.39 is 0 Å². The maximum Gasteiger partial charge on any atom is 0.262 e. The summed E-state index contributed by atoms with van der Waals surface area (Å²) in [6.07, 6.45) is 3.44. The molecule has 9 heteroatoms. The van der Waals surface area contributed by atoms with Gasteiger partial charge < -0.3 is 9.84 Å². The number of hydrogen-bond acceptors (Lipinski definition) is 7. The van der Waals surface area contributed by atoms with Crippen LogP contribution in [0.25, 0.3) is 10.2 Å². The van der Waals surface area contributed by atoms with Gasteiger partial charge in [0.1, 0.15) is 10.6 Å². The highest BCUT2D eigenvalue weighted by Crippen LogP contribution is 2.35. The van der Waals surface area contributed by atoms with Crippen molar-refractivity contribution in [3.05, 3.63) is 32.6 Å². The van der Waals surface area contributed by atoms with Gasteiger partial charge in [0.05, 0.1) is 5.39 Å². The molecular formula is C17H18N4O3S2. The number of thiophene rings is 1. The summed E-state index contributed by atoms with van der Waals surface area (Å²) in [4.78, 5) is 31.5. The SMILES string of the molecule is Cc1cc(NC(=O)CCSc2nc3sc4c(c3c(=O)n2C)CCC4)no1. The van der Waals surface area contributed by atoms with Crippen molar-refractivity contribution in [2.24, 2.45) is 7.05 Å². The quantitative estimate of drug-likeness (QED) is 0.532. The van der Waals surface area contributed by atoms with Crippen molar-refractivity contribution in [1.82, 2.24) is 14.7 Å². The standard InChI is InChI=1S/C17H18N4O3S2/c1-9-8-12(20-24-9)18-13(22)6-7-25-17-19-15-14(16(23)21(17)2)10-4-3-5-11(10)26-15/h8H,3-7H2,1-2H3,(H,18,20,22). The Kier molecular flexibility index (Phi) is 4.58. The van der Waals surface area contributed by atoms with E-state index in [4.69, 9.17) is 4.52 Å². The summed E-state index contributed by atoms with van der Waals surface area (Å²) < 4.78 is 6.51. The Balaban J connectivity index is 1.45. The van der Waals surface area contributed by atoms with Crippen molar-refractivity contribution in [2.75, 3.05) is 11.1 Å². The predicted molar refractivity (Wildman–Crippen MR) is 102 cm³/mol. The van der Waals surface area contributed by atoms with Crippen molar-refractivity contribution in [3.63, 3.8) is 0 Å². The van der Waals surface area contributed by atoms with Crippen LogP contribution in [0.3, 0.4) is 0 Å². The summed E-state index contributed by atoms with van der Waals surface area (Å²) in [6, 6.07) is 1.67. The van der Waals surface area contributed by atoms with Crippen LogP contribution >= 0.6 is 23.1 Å². The Morgan fingerprint density at radius 3 is 3.08 bits per heavy atom. The van der Waals surface area contributed by atoms with Gasteiger partial charge in [-0.2, -0.15) is 0 Å². The number of rotatable bonds is 5. The number of thioether (sulfide) groups is 1. The van der Waals surface area contributed by atoms with Crippen LogP contribution < -0.4 is 10.9 Å². The van der Waals surface area contributed by atoms with Crippen LogP contribution in [0.15, 0.2) is 20.5 Å². The molecule has 0 saturated carbocycles. The van der Waals surface area contributed by atoms with Gasteiger partial charge >= 0.3 is 0 Å². The molecule has 1 aliphatic rings. The first-order valence-corrected chi connectivity index (χ1v) is 10.2. The molecule has 0 saturated heterocycles. The summed E-state index contributed by atoms with van der Waals surface area (Å²) >= 11 is 3.05. The summed E-state index contributed by atoms with van der Waals surface area (Å²) in [5.41, 5.74) is 1.20. The molecule has 3 aromatic heterocycles. The lowest BCUT2D eigenvalue weighted by Crippen LogP contribution is -2.20. The van der Waals surface area contributed by atoms with Gasteiger partial charge in [0.25, 0.3) is 5.56 Å². The first-order valence-electron chi connectivity index (χ1n) is 8.40. The highest BCUT2D eigenvalue weighted by molar-refractivity contribution is 7.99. The zero-order chi connectivity index (χ0) is 18.3. The number of amides is 1. The van der Waals surface area contributed by atoms with Crippen LogP contribution in [0.4, 0.5) is 5.82 Å². The Morgan fingerprint density at radius 1 is 1.46 bits per heavy atom. The summed E-state index contributed by atoms with van der Waals surface area (Å²) in [7, 11) is 1.74. The third-order valence-electron chi connectivity index (χ3n) is 4.36. The van der Waals surface area contributed by atoms with E-state index in [0.717, 1.165) is 29.5 Å². The van der Waals surface area contributed by atoms with Gasteiger partial charge in [-0.05, 0) is 31.7 Å². The van der Waals surface area contributed by atoms with Crippen molar-refractivity contribution in [2.45, 2.75) is 37.8 Å². The Bertz CT molecular complexity index is 1050. The number of anilines is 1. The summed E-state index contributed by atoms with van der Waals surface area (Å²) in [6.45, 7) is 1.77. The molecule has 0 unspecified atom stereocenters. The number of fused-ring (bicyclic) bond motifs is 3. The Hall–Kier alpha value is -2.13. The van der Waals surface area contributed by atoms with Gasteiger partial charge in [-0.25, -0.2) is 4.98 Å². The first kappa shape index (κ1) is 17.3. The second kappa shape index (κ2) is 6.88. The highest BCUT2D eigenvalue weighted by Gasteiger charge is 2.22. The van der Waals surface area contributed by atoms with E-state index in [0.29, 0.717) is 28.9 Å². The molecule has 0 atom stereocenters. The van der Waals surface area contributed by atoms with Crippen LogP contribution in [-0.2, 0) is 24.7 Å². The topological polar surface area (TPSA) is 90.0 Å². The van der Waals surface area contributed by atoms with E-state index in [9.17, 15) is 9.59 Å². The molecule has 1 amide bonds. The van der Waals surface area contributed by atoms with E-state index in [-0.39, 0.29) is 11.5 Å².